The zero-order valence-electron chi connectivity index (χ0n) is 79.9. The molecule has 0 saturated carbocycles. The summed E-state index contributed by atoms with van der Waals surface area (Å²) >= 11 is 5.10. The molecule has 0 fully saturated rings. The minimum atomic E-state index is -1.56. The first-order valence-corrected chi connectivity index (χ1v) is 52.1. The molecule has 121 heavy (non-hydrogen) atoms. The van der Waals surface area contributed by atoms with E-state index >= 15 is 0 Å². The Labute approximate surface area is 747 Å². The monoisotopic (exact) mass is 1700 g/mol. The Bertz CT molecular complexity index is 3900. The number of esters is 1. The highest BCUT2D eigenvalue weighted by Gasteiger charge is 2.25. The second-order valence-corrected chi connectivity index (χ2v) is 41.1. The second-order valence-electron chi connectivity index (χ2n) is 32.3. The lowest BCUT2D eigenvalue weighted by molar-refractivity contribution is -0.128. The Kier molecular flexibility index (Phi) is 67.8. The molecule has 10 heteroatoms. The molecule has 666 valence electrons. The Morgan fingerprint density at radius 3 is 0.934 bits per heavy atom. The van der Waals surface area contributed by atoms with Crippen molar-refractivity contribution < 1.29 is 33.4 Å². The van der Waals surface area contributed by atoms with Gasteiger partial charge in [0.05, 0.1) is 0 Å². The molecule has 0 radical (unpaired) electrons. The number of allylic oxidation sites excluding steroid dienone is 11. The molecule has 2 N–H and O–H groups in total. The van der Waals surface area contributed by atoms with Gasteiger partial charge in [-0.25, -0.2) is 4.79 Å². The van der Waals surface area contributed by atoms with Crippen LogP contribution >= 0.6 is 11.6 Å². The van der Waals surface area contributed by atoms with Gasteiger partial charge in [-0.2, -0.15) is 0 Å². The van der Waals surface area contributed by atoms with Gasteiger partial charge >= 0.3 is 5.97 Å². The van der Waals surface area contributed by atoms with Gasteiger partial charge in [-0.1, -0.05) is 334 Å². The zero-order valence-corrected chi connectivity index (χ0v) is 82.7. The number of carbonyl (C=O) groups is 2. The first-order valence-electron chi connectivity index (χ1n) is 45.5. The maximum absolute atomic E-state index is 11.9. The standard InChI is InChI=1S/C25H30O2.C22H38OSi.2C16H24O.C14H22OSi.C9H7ClO.C5H8.2C2H6/c1-4-9-20(2)10-8-11-21(3)23-15-17-24(18-16-23)27-25(26)19-14-22-12-6-5-7-13-22;1-7-9-18-24(5,6)23-22-16-14-21(15-17-22)20(4)13-10-12-19(3)11-8-2;2*1-4-6-13(2)7-5-8-14(3)15-9-11-16(17)12-10-15;1-5-7-12-16(3,4)15-14-10-8-13(6-2)9-11-14;10-9(11)7-6-8-4-2-1-3-5-8;1-4-5(2)3;2*1-2/h5-7,9,12-19,21H,4,8,10-11H2,1-3H3;11,14-17,20H,7-10,12-13,18H2,1-6H3;2*6,9-12,14,17H,4-5,7-8H2,1-3H3;6,8-11H,2,5,7,12H2,1,3-4H3;1-7H;4H,1-2H2,3H3;2*1-2H3/b19-14+,20-9+;19-11+;2*13-6+;;7-6+;;;. The van der Waals surface area contributed by atoms with Crippen LogP contribution in [0.25, 0.3) is 18.2 Å². The van der Waals surface area contributed by atoms with Gasteiger partial charge in [-0.05, 0) is 323 Å². The van der Waals surface area contributed by atoms with Gasteiger partial charge in [0.2, 0.25) is 21.9 Å². The summed E-state index contributed by atoms with van der Waals surface area (Å²) < 4.78 is 17.8. The number of phenols is 2. The topological polar surface area (TPSA) is 102 Å². The molecule has 0 aliphatic heterocycles. The van der Waals surface area contributed by atoms with Crippen LogP contribution in [0.15, 0.2) is 272 Å². The van der Waals surface area contributed by atoms with Gasteiger partial charge in [0, 0.05) is 6.08 Å². The van der Waals surface area contributed by atoms with E-state index < -0.39 is 21.9 Å². The normalized spacial score (nSPS) is 12.3. The second kappa shape index (κ2) is 71.8. The lowest BCUT2D eigenvalue weighted by Crippen LogP contribution is -2.33. The lowest BCUT2D eigenvalue weighted by Gasteiger charge is -2.24. The molecule has 0 spiro atoms. The van der Waals surface area contributed by atoms with Crippen LogP contribution in [0, 0.1) is 0 Å². The maximum Gasteiger partial charge on any atom is 0.336 e. The third-order valence-electron chi connectivity index (χ3n) is 20.0. The molecule has 0 bridgehead atoms. The van der Waals surface area contributed by atoms with E-state index in [9.17, 15) is 19.8 Å². The highest BCUT2D eigenvalue weighted by molar-refractivity contribution is 6.72. The minimum absolute atomic E-state index is 0.350. The summed E-state index contributed by atoms with van der Waals surface area (Å²) in [5.74, 6) is 5.24. The Morgan fingerprint density at radius 1 is 0.397 bits per heavy atom. The maximum atomic E-state index is 11.9. The van der Waals surface area contributed by atoms with Crippen LogP contribution in [0.4, 0.5) is 0 Å². The summed E-state index contributed by atoms with van der Waals surface area (Å²) in [4.78, 5) is 22.2. The van der Waals surface area contributed by atoms with Crippen molar-refractivity contribution >= 4 is 57.7 Å². The van der Waals surface area contributed by atoms with E-state index in [4.69, 9.17) is 25.2 Å². The molecule has 0 aliphatic rings. The molecular weight excluding hydrogens is 1540 g/mol. The number of hydrogen-bond donors (Lipinski definition) is 2. The average molecular weight is 1700 g/mol. The molecule has 0 aliphatic carbocycles. The fourth-order valence-corrected chi connectivity index (χ4v) is 17.0. The summed E-state index contributed by atoms with van der Waals surface area (Å²) in [6.45, 7) is 61.1. The number of aromatic hydroxyl groups is 2. The Balaban J connectivity index is 0. The number of rotatable bonds is 41. The molecule has 4 unspecified atom stereocenters. The number of halogens is 1. The van der Waals surface area contributed by atoms with E-state index in [1.165, 1.54) is 165 Å². The van der Waals surface area contributed by atoms with Gasteiger partial charge in [0.25, 0.3) is 0 Å². The molecule has 0 aromatic heterocycles. The number of carbonyl (C=O) groups excluding carboxylic acids is 2. The highest BCUT2D eigenvalue weighted by atomic mass is 35.5. The number of benzene rings is 7. The van der Waals surface area contributed by atoms with E-state index in [-0.39, 0.29) is 5.97 Å². The summed E-state index contributed by atoms with van der Waals surface area (Å²) in [6.07, 6.45) is 43.3. The minimum Gasteiger partial charge on any atom is -0.544 e. The van der Waals surface area contributed by atoms with Crippen molar-refractivity contribution in [2.45, 2.75) is 322 Å². The van der Waals surface area contributed by atoms with E-state index in [0.717, 1.165) is 65.9 Å². The van der Waals surface area contributed by atoms with Gasteiger partial charge in [0.1, 0.15) is 28.7 Å². The third kappa shape index (κ3) is 61.3. The predicted octanol–water partition coefficient (Wildman–Crippen LogP) is 35.7. The van der Waals surface area contributed by atoms with Crippen LogP contribution in [0.5, 0.6) is 28.7 Å². The average Bonchev–Trinajstić information content (AvgIpc) is 0.860. The number of ether oxygens (including phenoxy) is 1. The molecular formula is C111H165ClO7Si2. The van der Waals surface area contributed by atoms with E-state index in [1.54, 1.807) is 42.5 Å². The third-order valence-corrected chi connectivity index (χ3v) is 24.8. The quantitative estimate of drug-likeness (QED) is 0.00749. The molecule has 0 saturated heterocycles. The predicted molar refractivity (Wildman–Crippen MR) is 542 cm³/mol. The summed E-state index contributed by atoms with van der Waals surface area (Å²) in [5, 5.41) is 18.0. The Hall–Kier alpha value is -8.74. The van der Waals surface area contributed by atoms with Crippen LogP contribution in [0.1, 0.15) is 323 Å². The molecule has 7 nitrogen and oxygen atoms in total. The fraction of sp³-hybridized carbons (Fsp3) is 0.441. The van der Waals surface area contributed by atoms with Crippen molar-refractivity contribution in [3.8, 4) is 28.7 Å². The fourth-order valence-electron chi connectivity index (χ4n) is 12.8. The number of hydrogen-bond acceptors (Lipinski definition) is 7. The van der Waals surface area contributed by atoms with Crippen LogP contribution in [0.2, 0.25) is 38.3 Å². The van der Waals surface area contributed by atoms with Gasteiger partial charge in [0.15, 0.2) is 0 Å². The van der Waals surface area contributed by atoms with Crippen molar-refractivity contribution in [1.82, 2.24) is 0 Å². The van der Waals surface area contributed by atoms with Gasteiger partial charge < -0.3 is 23.8 Å². The smallest absolute Gasteiger partial charge is 0.336 e. The van der Waals surface area contributed by atoms with E-state index in [2.05, 4.69) is 204 Å². The van der Waals surface area contributed by atoms with Gasteiger partial charge in [-0.3, -0.25) is 4.79 Å². The molecule has 7 aromatic rings. The molecule has 7 aromatic carbocycles. The molecule has 7 rings (SSSR count). The van der Waals surface area contributed by atoms with E-state index in [1.807, 2.05) is 162 Å². The highest BCUT2D eigenvalue weighted by Crippen LogP contribution is 2.31. The van der Waals surface area contributed by atoms with Crippen LogP contribution in [0.3, 0.4) is 0 Å². The summed E-state index contributed by atoms with van der Waals surface area (Å²) in [5.41, 5.74) is 15.5. The van der Waals surface area contributed by atoms with Crippen molar-refractivity contribution in [3.63, 3.8) is 0 Å². The van der Waals surface area contributed by atoms with Crippen molar-refractivity contribution in [2.24, 2.45) is 0 Å². The van der Waals surface area contributed by atoms with Crippen molar-refractivity contribution in [3.05, 3.63) is 311 Å². The number of unbranched alkanes of at least 4 members (excludes halogenated alkanes) is 2. The lowest BCUT2D eigenvalue weighted by atomic mass is 9.94. The number of phenolic OH excluding ortho intramolecular Hbond substituents is 2. The van der Waals surface area contributed by atoms with Crippen LogP contribution in [-0.4, -0.2) is 38.1 Å². The first-order chi connectivity index (χ1) is 57.8. The SMILES string of the molecule is C=CC(=C)C.C=Cc1ccc(O[Si](C)(C)CCCC)cc1.CC.CC.CC/C=C(\C)CCCC(C)c1ccc(O)cc1.CC/C=C(\C)CCCC(C)c1ccc(O)cc1.CC/C=C(\C)CCCC(C)c1ccc(OC(=O)/C=C/c2ccccc2)cc1.CC/C=C(\C)CCCC(C)c1ccc(O[Si](C)(C)CCCC)cc1.O=C(Cl)/C=C/c1ccccc1. The van der Waals surface area contributed by atoms with Crippen molar-refractivity contribution in [2.75, 3.05) is 0 Å². The first kappa shape index (κ1) is 114. The van der Waals surface area contributed by atoms with Crippen molar-refractivity contribution in [1.29, 1.82) is 0 Å². The zero-order chi connectivity index (χ0) is 91.2. The van der Waals surface area contributed by atoms with E-state index in [0.29, 0.717) is 40.9 Å². The Morgan fingerprint density at radius 2 is 0.669 bits per heavy atom. The summed E-state index contributed by atoms with van der Waals surface area (Å²) in [7, 11) is -3.08. The van der Waals surface area contributed by atoms with Gasteiger partial charge in [-0.15, -0.1) is 0 Å². The van der Waals surface area contributed by atoms with Crippen LogP contribution < -0.4 is 13.6 Å². The molecule has 0 heterocycles. The largest absolute Gasteiger partial charge is 0.544 e. The van der Waals surface area contributed by atoms with Crippen LogP contribution in [-0.2, 0) is 9.59 Å². The molecule has 4 atom stereocenters. The molecule has 0 amide bonds. The summed E-state index contributed by atoms with van der Waals surface area (Å²) in [6, 6.07) is 61.8.